The molecule has 4 amide bonds. The molecular formula is C20H26FN3O5. The van der Waals surface area contributed by atoms with E-state index in [-0.39, 0.29) is 5.91 Å². The van der Waals surface area contributed by atoms with E-state index in [2.05, 4.69) is 10.6 Å². The number of ether oxygens (including phenoxy) is 1. The molecule has 0 saturated carbocycles. The van der Waals surface area contributed by atoms with Crippen LogP contribution in [0.15, 0.2) is 24.3 Å². The van der Waals surface area contributed by atoms with E-state index in [0.717, 1.165) is 12.8 Å². The molecule has 0 spiro atoms. The zero-order chi connectivity index (χ0) is 21.2. The minimum Gasteiger partial charge on any atom is -0.455 e. The maximum Gasteiger partial charge on any atom is 0.321 e. The molecule has 2 N–H and O–H groups in total. The van der Waals surface area contributed by atoms with Crippen molar-refractivity contribution < 1.29 is 28.3 Å². The molecule has 0 bridgehead atoms. The van der Waals surface area contributed by atoms with Crippen molar-refractivity contribution in [1.82, 2.24) is 15.5 Å². The number of nitrogens with zero attached hydrogens (tertiary/aromatic N) is 1. The summed E-state index contributed by atoms with van der Waals surface area (Å²) in [5.41, 5.74) is 0.390. The number of piperidine rings is 1. The van der Waals surface area contributed by atoms with Crippen LogP contribution >= 0.6 is 0 Å². The Balaban J connectivity index is 1.70. The molecule has 1 aromatic rings. The number of carbonyl (C=O) groups excluding carboxylic acids is 4. The molecule has 8 nitrogen and oxygen atoms in total. The predicted octanol–water partition coefficient (Wildman–Crippen LogP) is 1.85. The van der Waals surface area contributed by atoms with Gasteiger partial charge in [-0.05, 0) is 43.5 Å². The van der Waals surface area contributed by atoms with Crippen molar-refractivity contribution in [2.75, 3.05) is 26.2 Å². The molecule has 0 atom stereocenters. The highest BCUT2D eigenvalue weighted by Crippen LogP contribution is 2.20. The SMILES string of the molecule is CCCCNC(=O)NC(=O)COC(=O)C1CCN(C(=O)c2ccc(F)cc2)CC1. The Labute approximate surface area is 168 Å². The van der Waals surface area contributed by atoms with Crippen LogP contribution in [0.1, 0.15) is 43.0 Å². The molecule has 29 heavy (non-hydrogen) atoms. The van der Waals surface area contributed by atoms with Gasteiger partial charge in [-0.3, -0.25) is 19.7 Å². The number of imide groups is 1. The van der Waals surface area contributed by atoms with Crippen LogP contribution < -0.4 is 10.6 Å². The molecule has 1 saturated heterocycles. The fourth-order valence-corrected chi connectivity index (χ4v) is 2.93. The number of amides is 4. The van der Waals surface area contributed by atoms with Crippen molar-refractivity contribution >= 4 is 23.8 Å². The van der Waals surface area contributed by atoms with Crippen molar-refractivity contribution in [3.8, 4) is 0 Å². The Morgan fingerprint density at radius 2 is 1.79 bits per heavy atom. The van der Waals surface area contributed by atoms with E-state index >= 15 is 0 Å². The summed E-state index contributed by atoms with van der Waals surface area (Å²) in [5.74, 6) is -2.27. The van der Waals surface area contributed by atoms with Crippen molar-refractivity contribution in [3.63, 3.8) is 0 Å². The van der Waals surface area contributed by atoms with Gasteiger partial charge >= 0.3 is 12.0 Å². The van der Waals surface area contributed by atoms with Crippen molar-refractivity contribution in [1.29, 1.82) is 0 Å². The van der Waals surface area contributed by atoms with Gasteiger partial charge in [-0.15, -0.1) is 0 Å². The number of hydrogen-bond acceptors (Lipinski definition) is 5. The topological polar surface area (TPSA) is 105 Å². The van der Waals surface area contributed by atoms with Gasteiger partial charge in [-0.2, -0.15) is 0 Å². The number of carbonyl (C=O) groups is 4. The lowest BCUT2D eigenvalue weighted by atomic mass is 9.96. The second-order valence-electron chi connectivity index (χ2n) is 6.84. The number of esters is 1. The van der Waals surface area contributed by atoms with E-state index in [0.29, 0.717) is 38.0 Å². The molecule has 1 heterocycles. The smallest absolute Gasteiger partial charge is 0.321 e. The van der Waals surface area contributed by atoms with Crippen LogP contribution in [0.5, 0.6) is 0 Å². The zero-order valence-corrected chi connectivity index (χ0v) is 16.4. The predicted molar refractivity (Wildman–Crippen MR) is 102 cm³/mol. The summed E-state index contributed by atoms with van der Waals surface area (Å²) < 4.78 is 18.0. The number of unbranched alkanes of at least 4 members (excludes halogenated alkanes) is 1. The first-order valence-electron chi connectivity index (χ1n) is 9.70. The highest BCUT2D eigenvalue weighted by atomic mass is 19.1. The number of benzene rings is 1. The summed E-state index contributed by atoms with van der Waals surface area (Å²) in [4.78, 5) is 49.3. The van der Waals surface area contributed by atoms with Crippen LogP contribution in [0, 0.1) is 11.7 Å². The van der Waals surface area contributed by atoms with E-state index < -0.39 is 36.2 Å². The lowest BCUT2D eigenvalue weighted by Crippen LogP contribution is -2.43. The number of likely N-dealkylation sites (tertiary alicyclic amines) is 1. The zero-order valence-electron chi connectivity index (χ0n) is 16.4. The minimum atomic E-state index is -0.698. The molecule has 0 aromatic heterocycles. The molecule has 0 unspecified atom stereocenters. The number of rotatable bonds is 7. The Bertz CT molecular complexity index is 730. The Morgan fingerprint density at radius 1 is 1.14 bits per heavy atom. The second-order valence-corrected chi connectivity index (χ2v) is 6.84. The average molecular weight is 407 g/mol. The molecule has 1 aromatic carbocycles. The number of urea groups is 1. The molecule has 1 aliphatic rings. The molecule has 0 radical (unpaired) electrons. The monoisotopic (exact) mass is 407 g/mol. The third-order valence-electron chi connectivity index (χ3n) is 4.62. The van der Waals surface area contributed by atoms with Crippen molar-refractivity contribution in [2.45, 2.75) is 32.6 Å². The van der Waals surface area contributed by atoms with Gasteiger partial charge in [0.05, 0.1) is 5.92 Å². The largest absolute Gasteiger partial charge is 0.455 e. The summed E-state index contributed by atoms with van der Waals surface area (Å²) in [6.45, 7) is 2.64. The third-order valence-corrected chi connectivity index (χ3v) is 4.62. The first-order valence-corrected chi connectivity index (χ1v) is 9.70. The van der Waals surface area contributed by atoms with E-state index in [1.165, 1.54) is 24.3 Å². The van der Waals surface area contributed by atoms with Crippen LogP contribution in [-0.2, 0) is 14.3 Å². The van der Waals surface area contributed by atoms with Crippen LogP contribution in [0.2, 0.25) is 0 Å². The minimum absolute atomic E-state index is 0.217. The van der Waals surface area contributed by atoms with E-state index in [9.17, 15) is 23.6 Å². The highest BCUT2D eigenvalue weighted by Gasteiger charge is 2.29. The van der Waals surface area contributed by atoms with Gasteiger partial charge in [0.25, 0.3) is 11.8 Å². The van der Waals surface area contributed by atoms with Gasteiger partial charge in [-0.25, -0.2) is 9.18 Å². The first-order chi connectivity index (χ1) is 13.9. The lowest BCUT2D eigenvalue weighted by Gasteiger charge is -2.31. The molecule has 9 heteroatoms. The van der Waals surface area contributed by atoms with Gasteiger partial charge < -0.3 is 15.0 Å². The summed E-state index contributed by atoms with van der Waals surface area (Å²) in [7, 11) is 0. The van der Waals surface area contributed by atoms with Gasteiger partial charge in [0.1, 0.15) is 5.82 Å². The summed E-state index contributed by atoms with van der Waals surface area (Å²) in [6.07, 6.45) is 2.54. The normalized spacial score (nSPS) is 14.2. The molecule has 1 fully saturated rings. The van der Waals surface area contributed by atoms with Crippen LogP contribution in [0.25, 0.3) is 0 Å². The number of hydrogen-bond donors (Lipinski definition) is 2. The van der Waals surface area contributed by atoms with Gasteiger partial charge in [0.15, 0.2) is 6.61 Å². The molecule has 1 aliphatic heterocycles. The highest BCUT2D eigenvalue weighted by molar-refractivity contribution is 5.96. The Morgan fingerprint density at radius 3 is 2.41 bits per heavy atom. The maximum atomic E-state index is 13.0. The Hall–Kier alpha value is -2.97. The van der Waals surface area contributed by atoms with Crippen LogP contribution in [0.3, 0.4) is 0 Å². The summed E-state index contributed by atoms with van der Waals surface area (Å²) in [5, 5.41) is 4.62. The van der Waals surface area contributed by atoms with E-state index in [1.807, 2.05) is 6.92 Å². The average Bonchev–Trinajstić information content (AvgIpc) is 2.72. The molecular weight excluding hydrogens is 381 g/mol. The van der Waals surface area contributed by atoms with Crippen molar-refractivity contribution in [3.05, 3.63) is 35.6 Å². The van der Waals surface area contributed by atoms with Gasteiger partial charge in [0, 0.05) is 25.2 Å². The van der Waals surface area contributed by atoms with Gasteiger partial charge in [-0.1, -0.05) is 13.3 Å². The number of nitrogens with one attached hydrogen (secondary N) is 2. The second kappa shape index (κ2) is 11.1. The van der Waals surface area contributed by atoms with Gasteiger partial charge in [0.2, 0.25) is 0 Å². The molecule has 2 rings (SSSR count). The van der Waals surface area contributed by atoms with Crippen molar-refractivity contribution in [2.24, 2.45) is 5.92 Å². The lowest BCUT2D eigenvalue weighted by molar-refractivity contribution is -0.153. The quantitative estimate of drug-likeness (QED) is 0.530. The fraction of sp³-hybridized carbons (Fsp3) is 0.500. The molecule has 158 valence electrons. The standard InChI is InChI=1S/C20H26FN3O5/c1-2-3-10-22-20(28)23-17(25)13-29-19(27)15-8-11-24(12-9-15)18(26)14-4-6-16(21)7-5-14/h4-7,15H,2-3,8-13H2,1H3,(H2,22,23,25,28). The molecule has 0 aliphatic carbocycles. The van der Waals surface area contributed by atoms with Crippen LogP contribution in [-0.4, -0.2) is 55.0 Å². The summed E-state index contributed by atoms with van der Waals surface area (Å²) in [6, 6.07) is 4.69. The maximum absolute atomic E-state index is 13.0. The van der Waals surface area contributed by atoms with Crippen LogP contribution in [0.4, 0.5) is 9.18 Å². The first kappa shape index (κ1) is 22.3. The summed E-state index contributed by atoms with van der Waals surface area (Å²) >= 11 is 0. The fourth-order valence-electron chi connectivity index (χ4n) is 2.93. The Kier molecular flexibility index (Phi) is 8.57. The van der Waals surface area contributed by atoms with E-state index in [1.54, 1.807) is 4.90 Å². The van der Waals surface area contributed by atoms with E-state index in [4.69, 9.17) is 4.74 Å². The number of halogens is 1. The third kappa shape index (κ3) is 7.17.